The van der Waals surface area contributed by atoms with Gasteiger partial charge in [0.1, 0.15) is 13.2 Å². The highest BCUT2D eigenvalue weighted by atomic mass is 16.7. The summed E-state index contributed by atoms with van der Waals surface area (Å²) in [5.74, 6) is -2.30. The number of hydrogen-bond acceptors (Lipinski definition) is 8. The van der Waals surface area contributed by atoms with Gasteiger partial charge in [-0.1, -0.05) is 238 Å². The Kier molecular flexibility index (Phi) is 55.6. The van der Waals surface area contributed by atoms with E-state index in [1.54, 1.807) is 0 Å². The monoisotopic (exact) mass is 1090 g/mol. The molecule has 0 saturated carbocycles. The summed E-state index contributed by atoms with van der Waals surface area (Å²) in [6, 6.07) is 0. The van der Waals surface area contributed by atoms with Crippen molar-refractivity contribution in [3.8, 4) is 0 Å². The lowest BCUT2D eigenvalue weighted by Gasteiger charge is -2.26. The summed E-state index contributed by atoms with van der Waals surface area (Å²) >= 11 is 0. The smallest absolute Gasteiger partial charge is 0.306 e. The van der Waals surface area contributed by atoms with Crippen molar-refractivity contribution in [2.45, 2.75) is 251 Å². The number of ether oxygens (including phenoxy) is 4. The molecule has 0 aliphatic carbocycles. The number of likely N-dealkylation sites (N-methyl/N-ethyl adjacent to an activating group) is 1. The Morgan fingerprint density at radius 1 is 0.397 bits per heavy atom. The lowest BCUT2D eigenvalue weighted by Crippen LogP contribution is -2.44. The van der Waals surface area contributed by atoms with Crippen molar-refractivity contribution in [1.82, 2.24) is 0 Å². The molecular weight excluding hydrogens is 971 g/mol. The molecule has 0 aromatic rings. The standard InChI is InChI=1S/C69H115NO8/c1-6-8-10-12-14-16-18-20-22-23-24-25-26-27-28-29-30-31-32-33-34-35-36-37-38-39-40-41-42-43-44-45-46-48-50-52-54-56-58-60-67(72)78-65(64-77-69(68(73)74)75-62-61-70(3,4)5)63-76-66(71)59-57-55-53-51-49-47-21-19-17-15-13-11-9-7-2/h8,10,14,16,19-22,24-25,27-28,30-31,33-34,36-37,39-40,65,69H,6-7,9,11-13,15,17-18,23,26,29,32,35,38,41-64H2,1-5H3/b10-8-,16-14-,21-19-,22-20-,25-24-,28-27-,31-30-,34-33-,37-36-,40-39-. The Balaban J connectivity index is 4.13. The van der Waals surface area contributed by atoms with Crippen molar-refractivity contribution in [2.24, 2.45) is 0 Å². The first-order valence-corrected chi connectivity index (χ1v) is 31.2. The zero-order valence-electron chi connectivity index (χ0n) is 50.5. The van der Waals surface area contributed by atoms with Gasteiger partial charge in [0.25, 0.3) is 0 Å². The second kappa shape index (κ2) is 58.8. The topological polar surface area (TPSA) is 111 Å². The maximum atomic E-state index is 12.9. The summed E-state index contributed by atoms with van der Waals surface area (Å²) in [7, 11) is 5.91. The molecule has 0 aliphatic heterocycles. The average molecular weight is 1090 g/mol. The Labute approximate surface area is 478 Å². The summed E-state index contributed by atoms with van der Waals surface area (Å²) in [5, 5.41) is 11.8. The lowest BCUT2D eigenvalue weighted by atomic mass is 10.0. The third-order valence-electron chi connectivity index (χ3n) is 12.9. The van der Waals surface area contributed by atoms with Crippen molar-refractivity contribution in [2.75, 3.05) is 47.5 Å². The third kappa shape index (κ3) is 59.4. The predicted molar refractivity (Wildman–Crippen MR) is 329 cm³/mol. The fourth-order valence-electron chi connectivity index (χ4n) is 8.17. The number of quaternary nitrogens is 1. The van der Waals surface area contributed by atoms with Crippen LogP contribution in [-0.4, -0.2) is 82.3 Å². The van der Waals surface area contributed by atoms with Gasteiger partial charge >= 0.3 is 11.9 Å². The second-order valence-corrected chi connectivity index (χ2v) is 21.6. The summed E-state index contributed by atoms with van der Waals surface area (Å²) in [5.41, 5.74) is 0. The van der Waals surface area contributed by atoms with Crippen LogP contribution in [0.1, 0.15) is 239 Å². The van der Waals surface area contributed by atoms with Crippen LogP contribution in [0.15, 0.2) is 122 Å². The number of unbranched alkanes of at least 4 members (excludes halogenated alkanes) is 21. The van der Waals surface area contributed by atoms with Gasteiger partial charge in [-0.05, 0) is 109 Å². The summed E-state index contributed by atoms with van der Waals surface area (Å²) in [6.45, 7) is 4.60. The molecule has 0 amide bonds. The van der Waals surface area contributed by atoms with E-state index in [2.05, 4.69) is 135 Å². The van der Waals surface area contributed by atoms with Crippen molar-refractivity contribution in [3.05, 3.63) is 122 Å². The molecule has 0 aromatic carbocycles. The molecule has 0 aliphatic rings. The predicted octanol–water partition coefficient (Wildman–Crippen LogP) is 17.5. The van der Waals surface area contributed by atoms with Gasteiger partial charge in [0.2, 0.25) is 0 Å². The van der Waals surface area contributed by atoms with Gasteiger partial charge < -0.3 is 33.3 Å². The molecule has 0 rings (SSSR count). The fraction of sp³-hybridized carbons (Fsp3) is 0.667. The van der Waals surface area contributed by atoms with Crippen LogP contribution < -0.4 is 5.11 Å². The first-order valence-electron chi connectivity index (χ1n) is 31.2. The van der Waals surface area contributed by atoms with Gasteiger partial charge in [-0.2, -0.15) is 0 Å². The summed E-state index contributed by atoms with van der Waals surface area (Å²) in [4.78, 5) is 37.3. The van der Waals surface area contributed by atoms with E-state index >= 15 is 0 Å². The van der Waals surface area contributed by atoms with Crippen LogP contribution in [0.3, 0.4) is 0 Å². The molecule has 0 bridgehead atoms. The van der Waals surface area contributed by atoms with E-state index in [0.717, 1.165) is 122 Å². The Morgan fingerprint density at radius 3 is 1.10 bits per heavy atom. The number of rotatable bonds is 56. The molecule has 0 radical (unpaired) electrons. The largest absolute Gasteiger partial charge is 0.545 e. The maximum absolute atomic E-state index is 12.9. The van der Waals surface area contributed by atoms with Crippen LogP contribution in [0.25, 0.3) is 0 Å². The van der Waals surface area contributed by atoms with E-state index in [9.17, 15) is 19.5 Å². The molecule has 9 heteroatoms. The Morgan fingerprint density at radius 2 is 0.731 bits per heavy atom. The number of hydrogen-bond donors (Lipinski definition) is 0. The molecule has 0 spiro atoms. The second-order valence-electron chi connectivity index (χ2n) is 21.6. The van der Waals surface area contributed by atoms with E-state index in [4.69, 9.17) is 18.9 Å². The average Bonchev–Trinajstić information content (AvgIpc) is 3.41. The van der Waals surface area contributed by atoms with Crippen molar-refractivity contribution in [1.29, 1.82) is 0 Å². The Bertz CT molecular complexity index is 1690. The summed E-state index contributed by atoms with van der Waals surface area (Å²) in [6.07, 6.45) is 79.8. The quantitative estimate of drug-likeness (QED) is 0.0195. The van der Waals surface area contributed by atoms with E-state index in [-0.39, 0.29) is 38.6 Å². The van der Waals surface area contributed by atoms with Crippen molar-refractivity contribution >= 4 is 17.9 Å². The number of carboxylic acid groups (broad SMARTS) is 1. The number of allylic oxidation sites excluding steroid dienone is 20. The molecule has 9 nitrogen and oxygen atoms in total. The molecule has 0 N–H and O–H groups in total. The molecule has 444 valence electrons. The first-order chi connectivity index (χ1) is 38.1. The molecule has 0 aromatic heterocycles. The van der Waals surface area contributed by atoms with Gasteiger partial charge in [-0.3, -0.25) is 9.59 Å². The number of carboxylic acids is 1. The molecule has 0 heterocycles. The minimum absolute atomic E-state index is 0.141. The third-order valence-corrected chi connectivity index (χ3v) is 12.9. The number of esters is 2. The Hall–Kier alpha value is -4.31. The molecule has 2 unspecified atom stereocenters. The van der Waals surface area contributed by atoms with E-state index in [0.29, 0.717) is 17.4 Å². The van der Waals surface area contributed by atoms with E-state index < -0.39 is 24.3 Å². The minimum atomic E-state index is -1.63. The number of aliphatic carboxylic acids is 1. The van der Waals surface area contributed by atoms with Crippen LogP contribution in [0, 0.1) is 0 Å². The zero-order valence-corrected chi connectivity index (χ0v) is 50.5. The van der Waals surface area contributed by atoms with Gasteiger partial charge in [-0.25, -0.2) is 0 Å². The van der Waals surface area contributed by atoms with Crippen molar-refractivity contribution in [3.63, 3.8) is 0 Å². The number of carbonyl (C=O) groups excluding carboxylic acids is 3. The van der Waals surface area contributed by atoms with Crippen molar-refractivity contribution < 1.29 is 42.9 Å². The van der Waals surface area contributed by atoms with E-state index in [1.807, 2.05) is 21.1 Å². The maximum Gasteiger partial charge on any atom is 0.306 e. The number of nitrogens with zero attached hydrogens (tertiary/aromatic N) is 1. The molecule has 0 saturated heterocycles. The van der Waals surface area contributed by atoms with Gasteiger partial charge in [0.05, 0.1) is 40.3 Å². The van der Waals surface area contributed by atoms with Crippen LogP contribution >= 0.6 is 0 Å². The number of carbonyl (C=O) groups is 3. The summed E-state index contributed by atoms with van der Waals surface area (Å²) < 4.78 is 22.7. The highest BCUT2D eigenvalue weighted by molar-refractivity contribution is 5.70. The molecular formula is C69H115NO8. The van der Waals surface area contributed by atoms with Gasteiger partial charge in [0, 0.05) is 12.8 Å². The normalized spacial score (nSPS) is 13.6. The van der Waals surface area contributed by atoms with E-state index in [1.165, 1.54) is 83.5 Å². The highest BCUT2D eigenvalue weighted by Gasteiger charge is 2.22. The lowest BCUT2D eigenvalue weighted by molar-refractivity contribution is -0.870. The van der Waals surface area contributed by atoms with Crippen LogP contribution in [0.5, 0.6) is 0 Å². The van der Waals surface area contributed by atoms with Crippen LogP contribution in [0.2, 0.25) is 0 Å². The zero-order chi connectivity index (χ0) is 56.9. The molecule has 0 fully saturated rings. The van der Waals surface area contributed by atoms with Crippen LogP contribution in [-0.2, 0) is 33.3 Å². The fourth-order valence-corrected chi connectivity index (χ4v) is 8.17. The van der Waals surface area contributed by atoms with Crippen LogP contribution in [0.4, 0.5) is 0 Å². The molecule has 78 heavy (non-hydrogen) atoms. The minimum Gasteiger partial charge on any atom is -0.545 e. The van der Waals surface area contributed by atoms with Gasteiger partial charge in [0.15, 0.2) is 12.4 Å². The highest BCUT2D eigenvalue weighted by Crippen LogP contribution is 2.15. The van der Waals surface area contributed by atoms with Gasteiger partial charge in [-0.15, -0.1) is 0 Å². The first kappa shape index (κ1) is 73.7. The molecule has 2 atom stereocenters. The SMILES string of the molecule is CC/C=C\C/C=C\C/C=C\C/C=C\C/C=C\C/C=C\C/C=C\C/C=C\C/C=C\CCCCCCCCCCCCCC(=O)OC(COC(=O)CCCCCCC/C=C\CCCCCCC)COC(OCC[N+](C)(C)C)C(=O)[O-].